The molecule has 2 aromatic heterocycles. The van der Waals surface area contributed by atoms with Gasteiger partial charge < -0.3 is 10.2 Å². The molecule has 1 aromatic carbocycles. The fraction of sp³-hybridized carbons (Fsp3) is 0.409. The minimum atomic E-state index is 0.0918. The lowest BCUT2D eigenvalue weighted by Crippen LogP contribution is -2.42. The topological polar surface area (TPSA) is 61.4 Å². The summed E-state index contributed by atoms with van der Waals surface area (Å²) in [5.41, 5.74) is 0.980. The van der Waals surface area contributed by atoms with Gasteiger partial charge in [-0.2, -0.15) is 0 Å². The van der Waals surface area contributed by atoms with Gasteiger partial charge in [-0.1, -0.05) is 18.2 Å². The summed E-state index contributed by atoms with van der Waals surface area (Å²) in [6.07, 6.45) is 2.20. The molecule has 0 bridgehead atoms. The minimum Gasteiger partial charge on any atom is -0.359 e. The van der Waals surface area contributed by atoms with Crippen molar-refractivity contribution in [3.8, 4) is 10.7 Å². The van der Waals surface area contributed by atoms with Crippen molar-refractivity contribution in [2.75, 3.05) is 45.2 Å². The fourth-order valence-electron chi connectivity index (χ4n) is 3.95. The summed E-state index contributed by atoms with van der Waals surface area (Å²) in [5, 5.41) is 5.86. The molecule has 1 aliphatic heterocycles. The number of aromatic nitrogens is 2. The summed E-state index contributed by atoms with van der Waals surface area (Å²) in [4.78, 5) is 26.9. The van der Waals surface area contributed by atoms with E-state index < -0.39 is 0 Å². The van der Waals surface area contributed by atoms with Crippen molar-refractivity contribution >= 4 is 34.0 Å². The molecule has 0 aliphatic carbocycles. The first-order chi connectivity index (χ1) is 14.1. The molecule has 0 radical (unpaired) electrons. The Morgan fingerprint density at radius 3 is 2.72 bits per heavy atom. The van der Waals surface area contributed by atoms with Gasteiger partial charge in [0.05, 0.1) is 16.9 Å². The summed E-state index contributed by atoms with van der Waals surface area (Å²) in [6.45, 7) is 3.40. The van der Waals surface area contributed by atoms with E-state index in [0.29, 0.717) is 12.5 Å². The highest BCUT2D eigenvalue weighted by atomic mass is 32.1. The standard InChI is InChI=1S/C22H27N5OS/c1-23-20(28)15-27-11-9-16(10-12-27)14-26(2)22-17-6-3-4-7-18(17)24-21(25-22)19-8-5-13-29-19/h3-8,13,16H,9-12,14-15H2,1-2H3,(H,23,28). The van der Waals surface area contributed by atoms with Gasteiger partial charge in [-0.3, -0.25) is 9.69 Å². The van der Waals surface area contributed by atoms with Crippen molar-refractivity contribution in [1.29, 1.82) is 0 Å². The summed E-state index contributed by atoms with van der Waals surface area (Å²) in [7, 11) is 3.82. The summed E-state index contributed by atoms with van der Waals surface area (Å²) in [5.74, 6) is 2.47. The second kappa shape index (κ2) is 8.88. The molecule has 0 atom stereocenters. The number of likely N-dealkylation sites (N-methyl/N-ethyl adjacent to an activating group) is 1. The third kappa shape index (κ3) is 4.57. The number of carbonyl (C=O) groups is 1. The largest absolute Gasteiger partial charge is 0.359 e. The summed E-state index contributed by atoms with van der Waals surface area (Å²) < 4.78 is 0. The Morgan fingerprint density at radius 1 is 1.21 bits per heavy atom. The van der Waals surface area contributed by atoms with Gasteiger partial charge in [0, 0.05) is 26.0 Å². The normalized spacial score (nSPS) is 15.5. The Kier molecular flexibility index (Phi) is 6.06. The third-order valence-electron chi connectivity index (χ3n) is 5.57. The molecule has 3 aromatic rings. The first-order valence-corrected chi connectivity index (χ1v) is 11.0. The fourth-order valence-corrected chi connectivity index (χ4v) is 4.61. The highest BCUT2D eigenvalue weighted by molar-refractivity contribution is 7.13. The first-order valence-electron chi connectivity index (χ1n) is 10.1. The predicted molar refractivity (Wildman–Crippen MR) is 119 cm³/mol. The van der Waals surface area contributed by atoms with Gasteiger partial charge in [0.1, 0.15) is 5.82 Å². The maximum absolute atomic E-state index is 11.6. The molecule has 1 fully saturated rings. The molecule has 1 amide bonds. The molecule has 7 heteroatoms. The van der Waals surface area contributed by atoms with Crippen molar-refractivity contribution in [3.63, 3.8) is 0 Å². The Labute approximate surface area is 175 Å². The van der Waals surface area contributed by atoms with Crippen molar-refractivity contribution < 1.29 is 4.79 Å². The number of para-hydroxylation sites is 1. The lowest BCUT2D eigenvalue weighted by Gasteiger charge is -2.34. The van der Waals surface area contributed by atoms with Crippen LogP contribution >= 0.6 is 11.3 Å². The number of hydrogen-bond donors (Lipinski definition) is 1. The third-order valence-corrected chi connectivity index (χ3v) is 6.44. The van der Waals surface area contributed by atoms with Crippen molar-refractivity contribution in [1.82, 2.24) is 20.2 Å². The van der Waals surface area contributed by atoms with Crippen LogP contribution in [0.3, 0.4) is 0 Å². The van der Waals surface area contributed by atoms with Crippen LogP contribution in [0.15, 0.2) is 41.8 Å². The highest BCUT2D eigenvalue weighted by Crippen LogP contribution is 2.30. The molecular weight excluding hydrogens is 382 g/mol. The smallest absolute Gasteiger partial charge is 0.233 e. The van der Waals surface area contributed by atoms with Crippen LogP contribution < -0.4 is 10.2 Å². The molecule has 1 N–H and O–H groups in total. The van der Waals surface area contributed by atoms with Crippen LogP contribution in [0.4, 0.5) is 5.82 Å². The number of nitrogens with zero attached hydrogens (tertiary/aromatic N) is 4. The van der Waals surface area contributed by atoms with E-state index in [1.165, 1.54) is 0 Å². The van der Waals surface area contributed by atoms with E-state index in [9.17, 15) is 4.79 Å². The molecule has 1 aliphatic rings. The van der Waals surface area contributed by atoms with E-state index >= 15 is 0 Å². The van der Waals surface area contributed by atoms with E-state index in [4.69, 9.17) is 9.97 Å². The summed E-state index contributed by atoms with van der Waals surface area (Å²) in [6, 6.07) is 12.3. The predicted octanol–water partition coefficient (Wildman–Crippen LogP) is 3.25. The number of anilines is 1. The number of fused-ring (bicyclic) bond motifs is 1. The second-order valence-electron chi connectivity index (χ2n) is 7.64. The number of hydrogen-bond acceptors (Lipinski definition) is 6. The average Bonchev–Trinajstić information content (AvgIpc) is 3.29. The zero-order chi connectivity index (χ0) is 20.2. The number of carbonyl (C=O) groups excluding carboxylic acids is 1. The number of amides is 1. The van der Waals surface area contributed by atoms with Crippen LogP contribution in [0, 0.1) is 5.92 Å². The number of rotatable bonds is 6. The second-order valence-corrected chi connectivity index (χ2v) is 8.59. The zero-order valence-electron chi connectivity index (χ0n) is 17.0. The number of piperidine rings is 1. The average molecular weight is 410 g/mol. The first kappa shape index (κ1) is 19.8. The summed E-state index contributed by atoms with van der Waals surface area (Å²) >= 11 is 1.67. The van der Waals surface area contributed by atoms with E-state index in [1.807, 2.05) is 18.2 Å². The van der Waals surface area contributed by atoms with Gasteiger partial charge in [0.15, 0.2) is 5.82 Å². The van der Waals surface area contributed by atoms with Gasteiger partial charge in [0.25, 0.3) is 0 Å². The van der Waals surface area contributed by atoms with Gasteiger partial charge in [-0.05, 0) is 55.4 Å². The molecule has 3 heterocycles. The van der Waals surface area contributed by atoms with Crippen LogP contribution in [0.5, 0.6) is 0 Å². The Balaban J connectivity index is 1.50. The molecule has 152 valence electrons. The van der Waals surface area contributed by atoms with Crippen LogP contribution in [-0.2, 0) is 4.79 Å². The zero-order valence-corrected chi connectivity index (χ0v) is 17.8. The number of nitrogens with one attached hydrogen (secondary N) is 1. The van der Waals surface area contributed by atoms with E-state index in [2.05, 4.69) is 45.7 Å². The van der Waals surface area contributed by atoms with Crippen molar-refractivity contribution in [2.45, 2.75) is 12.8 Å². The van der Waals surface area contributed by atoms with Crippen LogP contribution in [-0.4, -0.2) is 61.0 Å². The van der Waals surface area contributed by atoms with Crippen LogP contribution in [0.25, 0.3) is 21.6 Å². The molecule has 29 heavy (non-hydrogen) atoms. The van der Waals surface area contributed by atoms with E-state index in [0.717, 1.165) is 59.9 Å². The quantitative estimate of drug-likeness (QED) is 0.677. The number of thiophene rings is 1. The van der Waals surface area contributed by atoms with Gasteiger partial charge in [-0.15, -0.1) is 11.3 Å². The Bertz CT molecular complexity index is 967. The Hall–Kier alpha value is -2.51. The lowest BCUT2D eigenvalue weighted by atomic mass is 9.96. The van der Waals surface area contributed by atoms with Crippen molar-refractivity contribution in [2.24, 2.45) is 5.92 Å². The Morgan fingerprint density at radius 2 is 2.00 bits per heavy atom. The van der Waals surface area contributed by atoms with Gasteiger partial charge >= 0.3 is 0 Å². The van der Waals surface area contributed by atoms with E-state index in [-0.39, 0.29) is 5.91 Å². The number of likely N-dealkylation sites (tertiary alicyclic amines) is 1. The molecule has 0 unspecified atom stereocenters. The number of benzene rings is 1. The molecule has 0 spiro atoms. The molecule has 1 saturated heterocycles. The van der Waals surface area contributed by atoms with E-state index in [1.54, 1.807) is 18.4 Å². The molecule has 0 saturated carbocycles. The molecule has 6 nitrogen and oxygen atoms in total. The van der Waals surface area contributed by atoms with Crippen LogP contribution in [0.2, 0.25) is 0 Å². The highest BCUT2D eigenvalue weighted by Gasteiger charge is 2.23. The monoisotopic (exact) mass is 409 g/mol. The maximum Gasteiger partial charge on any atom is 0.233 e. The minimum absolute atomic E-state index is 0.0918. The molecule has 4 rings (SSSR count). The lowest BCUT2D eigenvalue weighted by molar-refractivity contribution is -0.122. The van der Waals surface area contributed by atoms with Gasteiger partial charge in [0.2, 0.25) is 5.91 Å². The SMILES string of the molecule is CNC(=O)CN1CCC(CN(C)c2nc(-c3cccs3)nc3ccccc23)CC1. The van der Waals surface area contributed by atoms with Crippen molar-refractivity contribution in [3.05, 3.63) is 41.8 Å². The molecular formula is C22H27N5OS. The van der Waals surface area contributed by atoms with Gasteiger partial charge in [-0.25, -0.2) is 9.97 Å². The van der Waals surface area contributed by atoms with Crippen LogP contribution in [0.1, 0.15) is 12.8 Å². The maximum atomic E-state index is 11.6.